The Morgan fingerprint density at radius 3 is 2.42 bits per heavy atom. The molecule has 1 aliphatic heterocycles. The Bertz CT molecular complexity index is 452. The Labute approximate surface area is 118 Å². The third-order valence-electron chi connectivity index (χ3n) is 4.90. The van der Waals surface area contributed by atoms with Crippen LogP contribution in [0.5, 0.6) is 0 Å². The molecule has 0 unspecified atom stereocenters. The van der Waals surface area contributed by atoms with E-state index in [0.29, 0.717) is 10.3 Å². The molecule has 4 heteroatoms. The Kier molecular flexibility index (Phi) is 3.52. The van der Waals surface area contributed by atoms with Gasteiger partial charge in [-0.15, -0.1) is 11.3 Å². The summed E-state index contributed by atoms with van der Waals surface area (Å²) in [5.74, 6) is -0.808. The quantitative estimate of drug-likeness (QED) is 0.889. The first-order valence-corrected chi connectivity index (χ1v) is 8.13. The number of carboxylic acids is 1. The number of hydrogen-bond acceptors (Lipinski definition) is 3. The molecule has 1 saturated carbocycles. The number of rotatable bonds is 2. The molecule has 3 rings (SSSR count). The molecule has 1 saturated heterocycles. The molecule has 0 atom stereocenters. The van der Waals surface area contributed by atoms with Crippen molar-refractivity contribution in [2.75, 3.05) is 18.0 Å². The fourth-order valence-corrected chi connectivity index (χ4v) is 4.40. The lowest BCUT2D eigenvalue weighted by Gasteiger charge is -2.44. The smallest absolute Gasteiger partial charge is 0.345 e. The first-order valence-electron chi connectivity index (χ1n) is 7.25. The molecule has 0 bridgehead atoms. The second-order valence-corrected chi connectivity index (χ2v) is 6.93. The lowest BCUT2D eigenvalue weighted by molar-refractivity contribution is 0.0702. The molecule has 104 valence electrons. The Morgan fingerprint density at radius 2 is 1.84 bits per heavy atom. The van der Waals surface area contributed by atoms with Gasteiger partial charge in [0.2, 0.25) is 0 Å². The number of piperidine rings is 1. The largest absolute Gasteiger partial charge is 0.477 e. The lowest BCUT2D eigenvalue weighted by atomic mass is 9.68. The van der Waals surface area contributed by atoms with Crippen LogP contribution in [0.2, 0.25) is 0 Å². The van der Waals surface area contributed by atoms with Gasteiger partial charge >= 0.3 is 5.97 Å². The van der Waals surface area contributed by atoms with Crippen molar-refractivity contribution in [2.45, 2.75) is 44.9 Å². The minimum atomic E-state index is -0.808. The minimum absolute atomic E-state index is 0.452. The molecule has 19 heavy (non-hydrogen) atoms. The number of carbonyl (C=O) groups is 1. The van der Waals surface area contributed by atoms with Crippen LogP contribution in [-0.4, -0.2) is 24.2 Å². The van der Waals surface area contributed by atoms with E-state index >= 15 is 0 Å². The van der Waals surface area contributed by atoms with E-state index < -0.39 is 5.97 Å². The summed E-state index contributed by atoms with van der Waals surface area (Å²) in [7, 11) is 0. The van der Waals surface area contributed by atoms with E-state index in [0.717, 1.165) is 18.8 Å². The van der Waals surface area contributed by atoms with Crippen LogP contribution in [0.25, 0.3) is 0 Å². The Morgan fingerprint density at radius 1 is 1.16 bits per heavy atom. The average Bonchev–Trinajstić information content (AvgIpc) is 2.90. The van der Waals surface area contributed by atoms with Gasteiger partial charge in [0, 0.05) is 24.2 Å². The lowest BCUT2D eigenvalue weighted by Crippen LogP contribution is -2.41. The van der Waals surface area contributed by atoms with Crippen molar-refractivity contribution in [3.63, 3.8) is 0 Å². The Hall–Kier alpha value is -1.03. The van der Waals surface area contributed by atoms with Crippen LogP contribution in [0.4, 0.5) is 5.69 Å². The zero-order chi connectivity index (χ0) is 13.3. The number of thiophene rings is 1. The maximum atomic E-state index is 10.9. The summed E-state index contributed by atoms with van der Waals surface area (Å²) >= 11 is 1.34. The molecule has 1 aliphatic carbocycles. The molecule has 1 aromatic heterocycles. The molecule has 0 amide bonds. The summed E-state index contributed by atoms with van der Waals surface area (Å²) in [6.45, 7) is 2.19. The van der Waals surface area contributed by atoms with Crippen LogP contribution in [0.1, 0.15) is 54.6 Å². The van der Waals surface area contributed by atoms with Crippen molar-refractivity contribution < 1.29 is 9.90 Å². The van der Waals surface area contributed by atoms with Crippen LogP contribution < -0.4 is 4.90 Å². The molecule has 2 aliphatic rings. The highest BCUT2D eigenvalue weighted by atomic mass is 32.1. The van der Waals surface area contributed by atoms with Gasteiger partial charge in [-0.2, -0.15) is 0 Å². The molecule has 3 nitrogen and oxygen atoms in total. The third-order valence-corrected chi connectivity index (χ3v) is 5.81. The van der Waals surface area contributed by atoms with Gasteiger partial charge in [0.1, 0.15) is 4.88 Å². The molecule has 2 fully saturated rings. The molecule has 0 radical (unpaired) electrons. The molecule has 1 N–H and O–H groups in total. The van der Waals surface area contributed by atoms with E-state index in [-0.39, 0.29) is 0 Å². The standard InChI is InChI=1S/C15H21NO2S/c17-14(18)13-10-12(11-19-13)16-8-6-15(7-9-16)4-2-1-3-5-15/h10-11H,1-9H2,(H,17,18). The van der Waals surface area contributed by atoms with E-state index in [1.807, 2.05) is 11.4 Å². The van der Waals surface area contributed by atoms with Gasteiger partial charge in [-0.1, -0.05) is 19.3 Å². The highest BCUT2D eigenvalue weighted by molar-refractivity contribution is 7.12. The average molecular weight is 279 g/mol. The second-order valence-electron chi connectivity index (χ2n) is 6.02. The molecule has 0 aromatic carbocycles. The van der Waals surface area contributed by atoms with Crippen LogP contribution in [-0.2, 0) is 0 Å². The third kappa shape index (κ3) is 2.64. The predicted molar refractivity (Wildman–Crippen MR) is 78.2 cm³/mol. The van der Waals surface area contributed by atoms with Crippen LogP contribution >= 0.6 is 11.3 Å². The summed E-state index contributed by atoms with van der Waals surface area (Å²) in [5, 5.41) is 11.0. The SMILES string of the molecule is O=C(O)c1cc(N2CCC3(CCCCC3)CC2)cs1. The number of carboxylic acid groups (broad SMARTS) is 1. The Balaban J connectivity index is 1.64. The monoisotopic (exact) mass is 279 g/mol. The molecule has 1 spiro atoms. The zero-order valence-electron chi connectivity index (χ0n) is 11.2. The van der Waals surface area contributed by atoms with Crippen LogP contribution in [0.3, 0.4) is 0 Å². The highest BCUT2D eigenvalue weighted by Gasteiger charge is 2.35. The van der Waals surface area contributed by atoms with Crippen molar-refractivity contribution in [2.24, 2.45) is 5.41 Å². The summed E-state index contributed by atoms with van der Waals surface area (Å²) in [6, 6.07) is 1.83. The molecular formula is C15H21NO2S. The number of hydrogen-bond donors (Lipinski definition) is 1. The zero-order valence-corrected chi connectivity index (χ0v) is 12.0. The van der Waals surface area contributed by atoms with Crippen molar-refractivity contribution in [3.8, 4) is 0 Å². The summed E-state index contributed by atoms with van der Waals surface area (Å²) < 4.78 is 0. The van der Waals surface area contributed by atoms with E-state index in [1.165, 1.54) is 56.3 Å². The summed E-state index contributed by atoms with van der Waals surface area (Å²) in [4.78, 5) is 13.7. The maximum Gasteiger partial charge on any atom is 0.345 e. The predicted octanol–water partition coefficient (Wildman–Crippen LogP) is 4.00. The van der Waals surface area contributed by atoms with Crippen LogP contribution in [0.15, 0.2) is 11.4 Å². The van der Waals surface area contributed by atoms with Gasteiger partial charge in [0.15, 0.2) is 0 Å². The molecule has 1 aromatic rings. The number of aromatic carboxylic acids is 1. The topological polar surface area (TPSA) is 40.5 Å². The number of anilines is 1. The van der Waals surface area contributed by atoms with E-state index in [1.54, 1.807) is 0 Å². The van der Waals surface area contributed by atoms with Gasteiger partial charge in [0.05, 0.1) is 0 Å². The van der Waals surface area contributed by atoms with Crippen molar-refractivity contribution >= 4 is 23.0 Å². The number of nitrogens with zero attached hydrogens (tertiary/aromatic N) is 1. The van der Waals surface area contributed by atoms with Gasteiger partial charge in [-0.05, 0) is 37.2 Å². The highest BCUT2D eigenvalue weighted by Crippen LogP contribution is 2.45. The van der Waals surface area contributed by atoms with Gasteiger partial charge < -0.3 is 10.0 Å². The molecular weight excluding hydrogens is 258 g/mol. The van der Waals surface area contributed by atoms with Gasteiger partial charge in [-0.3, -0.25) is 0 Å². The van der Waals surface area contributed by atoms with Crippen molar-refractivity contribution in [3.05, 3.63) is 16.3 Å². The van der Waals surface area contributed by atoms with Crippen LogP contribution in [0, 0.1) is 5.41 Å². The normalized spacial score (nSPS) is 22.6. The first-order chi connectivity index (χ1) is 9.19. The summed E-state index contributed by atoms with van der Waals surface area (Å²) in [6.07, 6.45) is 9.60. The van der Waals surface area contributed by atoms with Crippen molar-refractivity contribution in [1.29, 1.82) is 0 Å². The fraction of sp³-hybridized carbons (Fsp3) is 0.667. The van der Waals surface area contributed by atoms with E-state index in [4.69, 9.17) is 5.11 Å². The second kappa shape index (κ2) is 5.16. The van der Waals surface area contributed by atoms with E-state index in [9.17, 15) is 4.79 Å². The minimum Gasteiger partial charge on any atom is -0.477 e. The van der Waals surface area contributed by atoms with Gasteiger partial charge in [-0.25, -0.2) is 4.79 Å². The maximum absolute atomic E-state index is 10.9. The van der Waals surface area contributed by atoms with Crippen molar-refractivity contribution in [1.82, 2.24) is 0 Å². The molecule has 2 heterocycles. The fourth-order valence-electron chi connectivity index (χ4n) is 3.65. The summed E-state index contributed by atoms with van der Waals surface area (Å²) in [5.41, 5.74) is 1.72. The van der Waals surface area contributed by atoms with E-state index in [2.05, 4.69) is 4.90 Å². The first kappa shape index (κ1) is 13.0. The van der Waals surface area contributed by atoms with Gasteiger partial charge in [0.25, 0.3) is 0 Å².